The van der Waals surface area contributed by atoms with Crippen LogP contribution < -0.4 is 5.73 Å². The fourth-order valence-electron chi connectivity index (χ4n) is 1.14. The number of primary amides is 1. The lowest BCUT2D eigenvalue weighted by Crippen LogP contribution is -2.14. The standard InChI is InChI=1S/C9H10ClNO3S/c1-15(13,14)8-4-6(5-9(11)12)2-3-7(8)10/h2-4H,5H2,1H3,(H2,11,12). The summed E-state index contributed by atoms with van der Waals surface area (Å²) in [6.45, 7) is 0. The Bertz CT molecular complexity index is 496. The molecule has 2 N–H and O–H groups in total. The summed E-state index contributed by atoms with van der Waals surface area (Å²) in [6, 6.07) is 4.38. The molecular formula is C9H10ClNO3S. The van der Waals surface area contributed by atoms with Crippen molar-refractivity contribution in [1.29, 1.82) is 0 Å². The van der Waals surface area contributed by atoms with E-state index in [1.807, 2.05) is 0 Å². The van der Waals surface area contributed by atoms with E-state index < -0.39 is 15.7 Å². The highest BCUT2D eigenvalue weighted by molar-refractivity contribution is 7.90. The molecule has 0 atom stereocenters. The minimum absolute atomic E-state index is 0.000309. The second-order valence-corrected chi connectivity index (χ2v) is 5.57. The Morgan fingerprint density at radius 2 is 2.07 bits per heavy atom. The van der Waals surface area contributed by atoms with Gasteiger partial charge in [-0.15, -0.1) is 0 Å². The number of hydrogen-bond donors (Lipinski definition) is 1. The Morgan fingerprint density at radius 3 is 2.53 bits per heavy atom. The maximum absolute atomic E-state index is 11.3. The van der Waals surface area contributed by atoms with Gasteiger partial charge in [0, 0.05) is 6.26 Å². The molecule has 4 nitrogen and oxygen atoms in total. The van der Waals surface area contributed by atoms with Crippen molar-refractivity contribution >= 4 is 27.3 Å². The second kappa shape index (κ2) is 4.20. The van der Waals surface area contributed by atoms with Gasteiger partial charge in [-0.2, -0.15) is 0 Å². The topological polar surface area (TPSA) is 77.2 Å². The highest BCUT2D eigenvalue weighted by Gasteiger charge is 2.13. The summed E-state index contributed by atoms with van der Waals surface area (Å²) in [4.78, 5) is 10.7. The van der Waals surface area contributed by atoms with Crippen LogP contribution in [0.15, 0.2) is 23.1 Å². The van der Waals surface area contributed by atoms with E-state index in [0.29, 0.717) is 5.56 Å². The van der Waals surface area contributed by atoms with Crippen LogP contribution in [0.3, 0.4) is 0 Å². The van der Waals surface area contributed by atoms with Crippen LogP contribution >= 0.6 is 11.6 Å². The fourth-order valence-corrected chi connectivity index (χ4v) is 2.47. The van der Waals surface area contributed by atoms with Crippen molar-refractivity contribution in [1.82, 2.24) is 0 Å². The summed E-state index contributed by atoms with van der Waals surface area (Å²) in [5, 5.41) is 0.144. The highest BCUT2D eigenvalue weighted by atomic mass is 35.5. The van der Waals surface area contributed by atoms with Crippen molar-refractivity contribution < 1.29 is 13.2 Å². The lowest BCUT2D eigenvalue weighted by molar-refractivity contribution is -0.117. The third-order valence-corrected chi connectivity index (χ3v) is 3.35. The van der Waals surface area contributed by atoms with Crippen LogP contribution in [0.25, 0.3) is 0 Å². The van der Waals surface area contributed by atoms with Crippen molar-refractivity contribution in [3.63, 3.8) is 0 Å². The van der Waals surface area contributed by atoms with Crippen LogP contribution in [0.5, 0.6) is 0 Å². The van der Waals surface area contributed by atoms with E-state index in [1.165, 1.54) is 12.1 Å². The third-order valence-electron chi connectivity index (χ3n) is 1.77. The minimum Gasteiger partial charge on any atom is -0.369 e. The van der Waals surface area contributed by atoms with Crippen LogP contribution in [0, 0.1) is 0 Å². The molecule has 0 heterocycles. The van der Waals surface area contributed by atoms with E-state index in [-0.39, 0.29) is 16.3 Å². The molecule has 0 saturated carbocycles. The summed E-state index contributed by atoms with van der Waals surface area (Å²) >= 11 is 5.72. The Labute approximate surface area is 93.0 Å². The van der Waals surface area contributed by atoms with Gasteiger partial charge in [0.25, 0.3) is 0 Å². The molecule has 0 saturated heterocycles. The first-order chi connectivity index (χ1) is 6.80. The first-order valence-corrected chi connectivity index (χ1v) is 6.34. The van der Waals surface area contributed by atoms with E-state index in [0.717, 1.165) is 6.26 Å². The first kappa shape index (κ1) is 12.0. The van der Waals surface area contributed by atoms with Crippen LogP contribution in [-0.4, -0.2) is 20.6 Å². The van der Waals surface area contributed by atoms with Crippen molar-refractivity contribution in [2.45, 2.75) is 11.3 Å². The molecule has 82 valence electrons. The SMILES string of the molecule is CS(=O)(=O)c1cc(CC(N)=O)ccc1Cl. The van der Waals surface area contributed by atoms with E-state index in [4.69, 9.17) is 17.3 Å². The van der Waals surface area contributed by atoms with Gasteiger partial charge in [0.15, 0.2) is 9.84 Å². The Kier molecular flexibility index (Phi) is 3.36. The molecule has 1 amide bonds. The molecule has 0 aliphatic rings. The third kappa shape index (κ3) is 3.21. The van der Waals surface area contributed by atoms with Gasteiger partial charge in [-0.05, 0) is 17.7 Å². The molecule has 0 bridgehead atoms. The quantitative estimate of drug-likeness (QED) is 0.857. The summed E-state index contributed by atoms with van der Waals surface area (Å²) < 4.78 is 22.6. The summed E-state index contributed by atoms with van der Waals surface area (Å²) in [5.74, 6) is -0.517. The molecule has 1 aromatic rings. The normalized spacial score (nSPS) is 11.3. The Hall–Kier alpha value is -1.07. The zero-order valence-electron chi connectivity index (χ0n) is 8.03. The molecule has 0 aliphatic carbocycles. The average molecular weight is 248 g/mol. The van der Waals surface area contributed by atoms with Gasteiger partial charge in [-0.3, -0.25) is 4.79 Å². The zero-order chi connectivity index (χ0) is 11.6. The first-order valence-electron chi connectivity index (χ1n) is 4.07. The molecule has 1 rings (SSSR count). The molecule has 6 heteroatoms. The molecule has 0 radical (unpaired) electrons. The van der Waals surface area contributed by atoms with Gasteiger partial charge >= 0.3 is 0 Å². The van der Waals surface area contributed by atoms with Crippen molar-refractivity contribution in [3.8, 4) is 0 Å². The number of carbonyl (C=O) groups is 1. The van der Waals surface area contributed by atoms with Crippen LogP contribution in [0.4, 0.5) is 0 Å². The van der Waals surface area contributed by atoms with Gasteiger partial charge < -0.3 is 5.73 Å². The second-order valence-electron chi connectivity index (χ2n) is 3.18. The maximum atomic E-state index is 11.3. The van der Waals surface area contributed by atoms with E-state index in [9.17, 15) is 13.2 Å². The molecule has 0 aromatic heterocycles. The summed E-state index contributed by atoms with van der Waals surface area (Å²) in [6.07, 6.45) is 1.06. The lowest BCUT2D eigenvalue weighted by Gasteiger charge is -2.04. The number of benzene rings is 1. The van der Waals surface area contributed by atoms with E-state index in [2.05, 4.69) is 0 Å². The predicted octanol–water partition coefficient (Wildman–Crippen LogP) is 0.771. The molecular weight excluding hydrogens is 238 g/mol. The van der Waals surface area contributed by atoms with Gasteiger partial charge in [-0.1, -0.05) is 17.7 Å². The number of carbonyl (C=O) groups excluding carboxylic acids is 1. The molecule has 0 fully saturated rings. The largest absolute Gasteiger partial charge is 0.369 e. The van der Waals surface area contributed by atoms with E-state index >= 15 is 0 Å². The number of halogens is 1. The fraction of sp³-hybridized carbons (Fsp3) is 0.222. The molecule has 0 aliphatic heterocycles. The predicted molar refractivity (Wildman–Crippen MR) is 57.5 cm³/mol. The van der Waals surface area contributed by atoms with E-state index in [1.54, 1.807) is 6.07 Å². The van der Waals surface area contributed by atoms with Gasteiger partial charge in [0.05, 0.1) is 16.3 Å². The maximum Gasteiger partial charge on any atom is 0.221 e. The summed E-state index contributed by atoms with van der Waals surface area (Å²) in [7, 11) is -3.38. The minimum atomic E-state index is -3.38. The van der Waals surface area contributed by atoms with Crippen molar-refractivity contribution in [3.05, 3.63) is 28.8 Å². The number of amides is 1. The molecule has 0 spiro atoms. The van der Waals surface area contributed by atoms with Gasteiger partial charge in [-0.25, -0.2) is 8.42 Å². The highest BCUT2D eigenvalue weighted by Crippen LogP contribution is 2.22. The van der Waals surface area contributed by atoms with Crippen molar-refractivity contribution in [2.24, 2.45) is 5.73 Å². The van der Waals surface area contributed by atoms with Crippen LogP contribution in [0.2, 0.25) is 5.02 Å². The molecule has 1 aromatic carbocycles. The summed E-state index contributed by atoms with van der Waals surface area (Å²) in [5.41, 5.74) is 5.53. The lowest BCUT2D eigenvalue weighted by atomic mass is 10.1. The number of hydrogen-bond acceptors (Lipinski definition) is 3. The van der Waals surface area contributed by atoms with Crippen LogP contribution in [-0.2, 0) is 21.1 Å². The number of sulfone groups is 1. The molecule has 15 heavy (non-hydrogen) atoms. The Morgan fingerprint density at radius 1 is 1.47 bits per heavy atom. The van der Waals surface area contributed by atoms with Crippen molar-refractivity contribution in [2.75, 3.05) is 6.26 Å². The van der Waals surface area contributed by atoms with Gasteiger partial charge in [0.1, 0.15) is 0 Å². The average Bonchev–Trinajstić information content (AvgIpc) is 2.05. The molecule has 0 unspecified atom stereocenters. The smallest absolute Gasteiger partial charge is 0.221 e. The Balaban J connectivity index is 3.23. The number of rotatable bonds is 3. The number of nitrogens with two attached hydrogens (primary N) is 1. The zero-order valence-corrected chi connectivity index (χ0v) is 9.60. The van der Waals surface area contributed by atoms with Gasteiger partial charge in [0.2, 0.25) is 5.91 Å². The monoisotopic (exact) mass is 247 g/mol. The van der Waals surface area contributed by atoms with Crippen LogP contribution in [0.1, 0.15) is 5.56 Å².